The number of benzene rings is 2. The number of hydrogen-bond donors (Lipinski definition) is 1. The lowest BCUT2D eigenvalue weighted by Gasteiger charge is -2.11. The van der Waals surface area contributed by atoms with Gasteiger partial charge in [0, 0.05) is 23.2 Å². The second kappa shape index (κ2) is 8.44. The van der Waals surface area contributed by atoms with E-state index in [2.05, 4.69) is 10.5 Å². The number of hydrogen-bond acceptors (Lipinski definition) is 5. The molecular weight excluding hydrogens is 400 g/mol. The normalized spacial score (nSPS) is 11.5. The molecule has 0 saturated heterocycles. The van der Waals surface area contributed by atoms with Gasteiger partial charge in [0.15, 0.2) is 15.6 Å². The number of nitrogens with zero attached hydrogens (tertiary/aromatic N) is 1. The van der Waals surface area contributed by atoms with Gasteiger partial charge in [0.1, 0.15) is 0 Å². The molecule has 0 fully saturated rings. The Morgan fingerprint density at radius 2 is 1.73 bits per heavy atom. The second-order valence-electron chi connectivity index (χ2n) is 7.64. The van der Waals surface area contributed by atoms with Crippen molar-refractivity contribution in [2.45, 2.75) is 45.9 Å². The third kappa shape index (κ3) is 4.62. The lowest BCUT2D eigenvalue weighted by molar-refractivity contribution is -0.115. The number of aryl methyl sites for hydroxylation is 4. The molecule has 2 aromatic carbocycles. The van der Waals surface area contributed by atoms with E-state index in [0.717, 1.165) is 22.4 Å². The fourth-order valence-electron chi connectivity index (χ4n) is 3.26. The van der Waals surface area contributed by atoms with Crippen LogP contribution < -0.4 is 5.32 Å². The van der Waals surface area contributed by atoms with E-state index in [1.807, 2.05) is 52.0 Å². The average molecular weight is 427 g/mol. The van der Waals surface area contributed by atoms with Gasteiger partial charge in [-0.15, -0.1) is 0 Å². The Morgan fingerprint density at radius 1 is 1.00 bits per heavy atom. The van der Waals surface area contributed by atoms with E-state index in [-0.39, 0.29) is 23.0 Å². The highest BCUT2D eigenvalue weighted by Gasteiger charge is 2.21. The van der Waals surface area contributed by atoms with Gasteiger partial charge in [-0.05, 0) is 57.9 Å². The van der Waals surface area contributed by atoms with Crippen molar-refractivity contribution in [3.63, 3.8) is 0 Å². The second-order valence-corrected chi connectivity index (χ2v) is 9.72. The first-order valence-electron chi connectivity index (χ1n) is 9.72. The maximum absolute atomic E-state index is 13.0. The summed E-state index contributed by atoms with van der Waals surface area (Å²) in [6.07, 6.45) is -0.125. The summed E-state index contributed by atoms with van der Waals surface area (Å²) < 4.78 is 31.3. The summed E-state index contributed by atoms with van der Waals surface area (Å²) in [6.45, 7) is 9.34. The standard InChI is InChI=1S/C23H26N2O4S/c1-14-6-9-20(16(3)12-14)24-22(26)10-11-30(27,28)21-13-19(8-7-15(21)2)23-17(4)18(5)25-29-23/h6-9,12-13H,10-11H2,1-5H3,(H,24,26). The van der Waals surface area contributed by atoms with Crippen LogP contribution in [0.3, 0.4) is 0 Å². The molecule has 0 bridgehead atoms. The minimum absolute atomic E-state index is 0.125. The first kappa shape index (κ1) is 21.8. The summed E-state index contributed by atoms with van der Waals surface area (Å²) in [7, 11) is -3.65. The summed E-state index contributed by atoms with van der Waals surface area (Å²) in [6, 6.07) is 10.9. The van der Waals surface area contributed by atoms with Crippen molar-refractivity contribution in [3.8, 4) is 11.3 Å². The summed E-state index contributed by atoms with van der Waals surface area (Å²) >= 11 is 0. The molecule has 6 nitrogen and oxygen atoms in total. The van der Waals surface area contributed by atoms with Gasteiger partial charge in [-0.1, -0.05) is 35.0 Å². The van der Waals surface area contributed by atoms with E-state index in [4.69, 9.17) is 4.52 Å². The minimum atomic E-state index is -3.65. The van der Waals surface area contributed by atoms with Gasteiger partial charge in [0.05, 0.1) is 16.3 Å². The molecule has 3 aromatic rings. The topological polar surface area (TPSA) is 89.3 Å². The molecule has 30 heavy (non-hydrogen) atoms. The van der Waals surface area contributed by atoms with E-state index in [9.17, 15) is 13.2 Å². The van der Waals surface area contributed by atoms with E-state index in [1.54, 1.807) is 19.1 Å². The van der Waals surface area contributed by atoms with Gasteiger partial charge in [-0.25, -0.2) is 8.42 Å². The summed E-state index contributed by atoms with van der Waals surface area (Å²) in [5.74, 6) is -0.0554. The average Bonchev–Trinajstić information content (AvgIpc) is 3.02. The van der Waals surface area contributed by atoms with Crippen LogP contribution in [0, 0.1) is 34.6 Å². The molecular formula is C23H26N2O4S. The Bertz CT molecular complexity index is 1210. The predicted octanol–water partition coefficient (Wildman–Crippen LogP) is 4.69. The first-order valence-corrected chi connectivity index (χ1v) is 11.4. The fraction of sp³-hybridized carbons (Fsp3) is 0.304. The van der Waals surface area contributed by atoms with Crippen LogP contribution in [0.5, 0.6) is 0 Å². The van der Waals surface area contributed by atoms with Crippen LogP contribution in [-0.2, 0) is 14.6 Å². The summed E-state index contributed by atoms with van der Waals surface area (Å²) in [4.78, 5) is 12.6. The van der Waals surface area contributed by atoms with Crippen molar-refractivity contribution in [2.24, 2.45) is 0 Å². The van der Waals surface area contributed by atoms with Gasteiger partial charge in [-0.3, -0.25) is 4.79 Å². The van der Waals surface area contributed by atoms with Crippen molar-refractivity contribution in [2.75, 3.05) is 11.1 Å². The van der Waals surface area contributed by atoms with Crippen LogP contribution in [0.25, 0.3) is 11.3 Å². The fourth-order valence-corrected chi connectivity index (χ4v) is 4.80. The van der Waals surface area contributed by atoms with Crippen LogP contribution in [0.4, 0.5) is 5.69 Å². The Morgan fingerprint density at radius 3 is 2.37 bits per heavy atom. The minimum Gasteiger partial charge on any atom is -0.356 e. The Kier molecular flexibility index (Phi) is 6.12. The Balaban J connectivity index is 1.77. The third-order valence-electron chi connectivity index (χ3n) is 5.20. The zero-order chi connectivity index (χ0) is 22.1. The number of anilines is 1. The Labute approximate surface area is 177 Å². The molecule has 158 valence electrons. The molecule has 0 radical (unpaired) electrons. The molecule has 0 aliphatic rings. The molecule has 0 atom stereocenters. The molecule has 1 N–H and O–H groups in total. The van der Waals surface area contributed by atoms with E-state index in [0.29, 0.717) is 22.6 Å². The number of aromatic nitrogens is 1. The SMILES string of the molecule is Cc1ccc(NC(=O)CCS(=O)(=O)c2cc(-c3onc(C)c3C)ccc2C)c(C)c1. The lowest BCUT2D eigenvalue weighted by Crippen LogP contribution is -2.18. The van der Waals surface area contributed by atoms with Crippen LogP contribution in [0.15, 0.2) is 45.8 Å². The number of carbonyl (C=O) groups is 1. The highest BCUT2D eigenvalue weighted by molar-refractivity contribution is 7.91. The molecule has 0 spiro atoms. The molecule has 0 saturated carbocycles. The highest BCUT2D eigenvalue weighted by atomic mass is 32.2. The van der Waals surface area contributed by atoms with Gasteiger partial charge in [0.2, 0.25) is 5.91 Å². The molecule has 0 aliphatic carbocycles. The molecule has 0 aliphatic heterocycles. The monoisotopic (exact) mass is 426 g/mol. The van der Waals surface area contributed by atoms with E-state index >= 15 is 0 Å². The van der Waals surface area contributed by atoms with Crippen molar-refractivity contribution >= 4 is 21.4 Å². The number of amides is 1. The van der Waals surface area contributed by atoms with Crippen LogP contribution >= 0.6 is 0 Å². The Hall–Kier alpha value is -2.93. The van der Waals surface area contributed by atoms with Crippen molar-refractivity contribution < 1.29 is 17.7 Å². The first-order chi connectivity index (χ1) is 14.1. The summed E-state index contributed by atoms with van der Waals surface area (Å²) in [5, 5.41) is 6.74. The number of rotatable bonds is 6. The predicted molar refractivity (Wildman–Crippen MR) is 117 cm³/mol. The van der Waals surface area contributed by atoms with Gasteiger partial charge < -0.3 is 9.84 Å². The molecule has 1 aromatic heterocycles. The number of sulfone groups is 1. The van der Waals surface area contributed by atoms with Gasteiger partial charge in [-0.2, -0.15) is 0 Å². The highest BCUT2D eigenvalue weighted by Crippen LogP contribution is 2.29. The quantitative estimate of drug-likeness (QED) is 0.618. The molecule has 1 heterocycles. The van der Waals surface area contributed by atoms with E-state index in [1.165, 1.54) is 0 Å². The smallest absolute Gasteiger partial charge is 0.225 e. The van der Waals surface area contributed by atoms with E-state index < -0.39 is 9.84 Å². The molecule has 7 heteroatoms. The third-order valence-corrected chi connectivity index (χ3v) is 7.05. The maximum Gasteiger partial charge on any atom is 0.225 e. The van der Waals surface area contributed by atoms with Crippen LogP contribution in [0.2, 0.25) is 0 Å². The molecule has 0 unspecified atom stereocenters. The van der Waals surface area contributed by atoms with Crippen molar-refractivity contribution in [1.29, 1.82) is 0 Å². The number of nitrogens with one attached hydrogen (secondary N) is 1. The van der Waals surface area contributed by atoms with Crippen molar-refractivity contribution in [3.05, 3.63) is 64.3 Å². The van der Waals surface area contributed by atoms with Crippen molar-refractivity contribution in [1.82, 2.24) is 5.16 Å². The lowest BCUT2D eigenvalue weighted by atomic mass is 10.1. The summed E-state index contributed by atoms with van der Waals surface area (Å²) in [5.41, 5.74) is 5.64. The largest absolute Gasteiger partial charge is 0.356 e. The number of carbonyl (C=O) groups excluding carboxylic acids is 1. The van der Waals surface area contributed by atoms with Crippen LogP contribution in [-0.4, -0.2) is 25.2 Å². The van der Waals surface area contributed by atoms with Crippen LogP contribution in [0.1, 0.15) is 34.4 Å². The van der Waals surface area contributed by atoms with Gasteiger partial charge >= 0.3 is 0 Å². The molecule has 3 rings (SSSR count). The maximum atomic E-state index is 13.0. The zero-order valence-corrected chi connectivity index (χ0v) is 18.7. The molecule has 1 amide bonds. The van der Waals surface area contributed by atoms with Gasteiger partial charge in [0.25, 0.3) is 0 Å². The zero-order valence-electron chi connectivity index (χ0n) is 17.9.